The van der Waals surface area contributed by atoms with E-state index in [0.717, 1.165) is 36.1 Å². The van der Waals surface area contributed by atoms with Crippen LogP contribution in [0.4, 0.5) is 0 Å². The van der Waals surface area contributed by atoms with Crippen LogP contribution in [0.5, 0.6) is 0 Å². The van der Waals surface area contributed by atoms with E-state index in [1.54, 1.807) is 11.6 Å². The first kappa shape index (κ1) is 28.4. The third-order valence-corrected chi connectivity index (χ3v) is 8.30. The average molecular weight is 494 g/mol. The van der Waals surface area contributed by atoms with Crippen molar-refractivity contribution in [3.63, 3.8) is 0 Å². The molecular formula is C32H47NO3. The van der Waals surface area contributed by atoms with E-state index in [2.05, 4.69) is 83.3 Å². The van der Waals surface area contributed by atoms with Gasteiger partial charge in [-0.25, -0.2) is 0 Å². The van der Waals surface area contributed by atoms with Crippen molar-refractivity contribution in [1.29, 1.82) is 0 Å². The molecule has 0 radical (unpaired) electrons. The second-order valence-corrected chi connectivity index (χ2v) is 12.1. The Morgan fingerprint density at radius 2 is 2.06 bits per heavy atom. The van der Waals surface area contributed by atoms with E-state index >= 15 is 0 Å². The molecule has 5 atom stereocenters. The van der Waals surface area contributed by atoms with Gasteiger partial charge in [-0.05, 0) is 73.0 Å². The van der Waals surface area contributed by atoms with Gasteiger partial charge in [0.25, 0.3) is 0 Å². The first-order chi connectivity index (χ1) is 17.0. The van der Waals surface area contributed by atoms with Crippen LogP contribution in [0.2, 0.25) is 0 Å². The third kappa shape index (κ3) is 6.58. The van der Waals surface area contributed by atoms with E-state index in [-0.39, 0.29) is 10.8 Å². The quantitative estimate of drug-likeness (QED) is 0.162. The van der Waals surface area contributed by atoms with Gasteiger partial charge in [-0.2, -0.15) is 0 Å². The van der Waals surface area contributed by atoms with Gasteiger partial charge in [0.1, 0.15) is 6.61 Å². The Bertz CT molecular complexity index is 974. The molecule has 0 aromatic heterocycles. The van der Waals surface area contributed by atoms with Crippen molar-refractivity contribution in [3.8, 4) is 0 Å². The van der Waals surface area contributed by atoms with Gasteiger partial charge in [-0.3, -0.25) is 0 Å². The van der Waals surface area contributed by atoms with Gasteiger partial charge < -0.3 is 15.1 Å². The largest absolute Gasteiger partial charge is 0.393 e. The number of hydrogen-bond acceptors (Lipinski definition) is 4. The second-order valence-electron chi connectivity index (χ2n) is 12.1. The Labute approximate surface area is 218 Å². The van der Waals surface area contributed by atoms with Crippen LogP contribution in [0.3, 0.4) is 0 Å². The molecule has 0 aromatic carbocycles. The molecule has 2 saturated carbocycles. The summed E-state index contributed by atoms with van der Waals surface area (Å²) < 4.78 is 0. The fourth-order valence-electron chi connectivity index (χ4n) is 6.17. The van der Waals surface area contributed by atoms with Gasteiger partial charge in [0.15, 0.2) is 0 Å². The maximum Gasteiger partial charge on any atom is 0.135 e. The van der Waals surface area contributed by atoms with Gasteiger partial charge >= 0.3 is 0 Å². The fourth-order valence-corrected chi connectivity index (χ4v) is 6.17. The number of nitrogens with zero attached hydrogens (tertiary/aromatic N) is 1. The minimum absolute atomic E-state index is 0.0854. The standard InChI is InChI=1S/C32H47NO3/c1-8-19-36-33-30(31(4,5)6)13-9-11-22(2)27-16-17-28-24(12-10-18-32(27,28)7)14-15-25-20-26(34)21-29(35)23(25)3/h8-9,13-16,22,26,28-29,34-35H,1,3,10-12,17-21H2,2,4-7H3/b13-9+,24-14+,25-15-,33-30-/t22-,26-,28+,29+,32-/m1/s1. The Morgan fingerprint density at radius 1 is 1.31 bits per heavy atom. The molecule has 0 saturated heterocycles. The SMILES string of the molecule is C=CCO/N=C(/C=C/C[C@@H](C)C1=CC[C@H]2/C(=C/C=C3/C[C@@H](O)C[C@H](O)C3=C)CCC[C@]12C)C(C)(C)C. The predicted molar refractivity (Wildman–Crippen MR) is 151 cm³/mol. The number of hydrogen-bond donors (Lipinski definition) is 2. The van der Waals surface area contributed by atoms with Gasteiger partial charge in [0, 0.05) is 11.8 Å². The van der Waals surface area contributed by atoms with E-state index in [9.17, 15) is 10.2 Å². The number of rotatable bonds is 8. The molecule has 0 unspecified atom stereocenters. The lowest BCUT2D eigenvalue weighted by Crippen LogP contribution is -2.32. The van der Waals surface area contributed by atoms with Gasteiger partial charge in [0.2, 0.25) is 0 Å². The lowest BCUT2D eigenvalue weighted by atomic mass is 9.62. The van der Waals surface area contributed by atoms with Gasteiger partial charge in [-0.1, -0.05) is 94.5 Å². The average Bonchev–Trinajstić information content (AvgIpc) is 3.16. The summed E-state index contributed by atoms with van der Waals surface area (Å²) in [6.45, 7) is 19.4. The summed E-state index contributed by atoms with van der Waals surface area (Å²) >= 11 is 0. The molecule has 2 fully saturated rings. The molecule has 2 N–H and O–H groups in total. The van der Waals surface area contributed by atoms with Crippen molar-refractivity contribution in [2.45, 2.75) is 91.8 Å². The molecule has 0 spiro atoms. The minimum atomic E-state index is -0.638. The van der Waals surface area contributed by atoms with E-state index in [1.807, 2.05) is 0 Å². The Hall–Kier alpha value is -2.17. The smallest absolute Gasteiger partial charge is 0.135 e. The Balaban J connectivity index is 1.71. The summed E-state index contributed by atoms with van der Waals surface area (Å²) in [5.41, 5.74) is 5.87. The van der Waals surface area contributed by atoms with E-state index in [1.165, 1.54) is 18.4 Å². The van der Waals surface area contributed by atoms with Crippen LogP contribution in [-0.2, 0) is 4.84 Å². The van der Waals surface area contributed by atoms with E-state index < -0.39 is 12.2 Å². The minimum Gasteiger partial charge on any atom is -0.393 e. The highest BCUT2D eigenvalue weighted by molar-refractivity contribution is 5.98. The van der Waals surface area contributed by atoms with Crippen LogP contribution < -0.4 is 0 Å². The normalized spacial score (nSPS) is 32.6. The molecule has 36 heavy (non-hydrogen) atoms. The summed E-state index contributed by atoms with van der Waals surface area (Å²) in [7, 11) is 0. The highest BCUT2D eigenvalue weighted by Crippen LogP contribution is 2.57. The number of aliphatic hydroxyl groups is 2. The molecule has 0 heterocycles. The van der Waals surface area contributed by atoms with Crippen molar-refractivity contribution in [1.82, 2.24) is 0 Å². The third-order valence-electron chi connectivity index (χ3n) is 8.30. The highest BCUT2D eigenvalue weighted by atomic mass is 16.6. The van der Waals surface area contributed by atoms with Crippen molar-refractivity contribution in [2.75, 3.05) is 6.61 Å². The first-order valence-electron chi connectivity index (χ1n) is 13.6. The van der Waals surface area contributed by atoms with Crippen molar-refractivity contribution in [2.24, 2.45) is 27.8 Å². The van der Waals surface area contributed by atoms with Crippen LogP contribution in [0.15, 0.2) is 77.1 Å². The molecule has 4 nitrogen and oxygen atoms in total. The van der Waals surface area contributed by atoms with Gasteiger partial charge in [0.05, 0.1) is 17.9 Å². The topological polar surface area (TPSA) is 62.0 Å². The predicted octanol–water partition coefficient (Wildman–Crippen LogP) is 7.23. The molecule has 0 aliphatic heterocycles. The molecule has 198 valence electrons. The van der Waals surface area contributed by atoms with Crippen molar-refractivity contribution >= 4 is 5.71 Å². The first-order valence-corrected chi connectivity index (χ1v) is 13.6. The molecular weight excluding hydrogens is 446 g/mol. The van der Waals surface area contributed by atoms with Crippen molar-refractivity contribution in [3.05, 3.63) is 71.9 Å². The second kappa shape index (κ2) is 11.9. The molecule has 0 bridgehead atoms. The zero-order valence-corrected chi connectivity index (χ0v) is 23.1. The monoisotopic (exact) mass is 493 g/mol. The van der Waals surface area contributed by atoms with Crippen LogP contribution >= 0.6 is 0 Å². The number of fused-ring (bicyclic) bond motifs is 1. The number of allylic oxidation sites excluding steroid dienone is 7. The summed E-state index contributed by atoms with van der Waals surface area (Å²) in [6.07, 6.45) is 18.4. The Morgan fingerprint density at radius 3 is 2.75 bits per heavy atom. The molecule has 3 aliphatic carbocycles. The zero-order valence-electron chi connectivity index (χ0n) is 23.1. The van der Waals surface area contributed by atoms with Gasteiger partial charge in [-0.15, -0.1) is 0 Å². The summed E-state index contributed by atoms with van der Waals surface area (Å²) in [5, 5.41) is 24.6. The van der Waals surface area contributed by atoms with Crippen LogP contribution in [0, 0.1) is 22.7 Å². The van der Waals surface area contributed by atoms with E-state index in [0.29, 0.717) is 31.3 Å². The maximum absolute atomic E-state index is 10.2. The lowest BCUT2D eigenvalue weighted by molar-refractivity contribution is 0.0862. The number of aliphatic hydroxyl groups excluding tert-OH is 2. The zero-order chi connectivity index (χ0) is 26.5. The number of oxime groups is 1. The fraction of sp³-hybridized carbons (Fsp3) is 0.594. The molecule has 0 amide bonds. The summed E-state index contributed by atoms with van der Waals surface area (Å²) in [5.74, 6) is 0.989. The molecule has 3 rings (SSSR count). The van der Waals surface area contributed by atoms with Crippen molar-refractivity contribution < 1.29 is 15.1 Å². The summed E-state index contributed by atoms with van der Waals surface area (Å²) in [4.78, 5) is 5.38. The van der Waals surface area contributed by atoms with E-state index in [4.69, 9.17) is 4.84 Å². The molecule has 4 heteroatoms. The van der Waals surface area contributed by atoms with Crippen LogP contribution in [0.25, 0.3) is 0 Å². The lowest BCUT2D eigenvalue weighted by Gasteiger charge is -2.42. The van der Waals surface area contributed by atoms with Crippen LogP contribution in [-0.4, -0.2) is 34.7 Å². The summed E-state index contributed by atoms with van der Waals surface area (Å²) in [6, 6.07) is 0. The van der Waals surface area contributed by atoms with Crippen LogP contribution in [0.1, 0.15) is 79.6 Å². The molecule has 3 aliphatic rings. The molecule has 0 aromatic rings. The highest BCUT2D eigenvalue weighted by Gasteiger charge is 2.45. The Kier molecular flexibility index (Phi) is 9.40. The maximum atomic E-state index is 10.2.